The van der Waals surface area contributed by atoms with E-state index in [1.165, 1.54) is 19.3 Å². The van der Waals surface area contributed by atoms with Crippen molar-refractivity contribution in [1.82, 2.24) is 0 Å². The van der Waals surface area contributed by atoms with Crippen molar-refractivity contribution in [2.24, 2.45) is 11.3 Å². The molecule has 0 heterocycles. The molecule has 0 spiro atoms. The normalized spacial score (nSPS) is 32.5. The molecule has 0 aromatic rings. The minimum atomic E-state index is 0. The molecule has 0 amide bonds. The first-order chi connectivity index (χ1) is 4.62. The molecule has 64 valence electrons. The van der Waals surface area contributed by atoms with Crippen LogP contribution in [0.4, 0.5) is 0 Å². The summed E-state index contributed by atoms with van der Waals surface area (Å²) in [4.78, 5) is 0. The monoisotopic (exact) mass is 152 g/mol. The quantitative estimate of drug-likeness (QED) is 0.463. The highest BCUT2D eigenvalue weighted by Crippen LogP contribution is 2.58. The van der Waals surface area contributed by atoms with E-state index in [9.17, 15) is 0 Å². The second kappa shape index (κ2) is 2.36. The van der Waals surface area contributed by atoms with Crippen LogP contribution in [-0.2, 0) is 0 Å². The smallest absolute Gasteiger partial charge is 0.0111 e. The average Bonchev–Trinajstić information content (AvgIpc) is 1.87. The molecule has 0 heteroatoms. The lowest BCUT2D eigenvalue weighted by molar-refractivity contribution is 0.133. The maximum Gasteiger partial charge on any atom is -0.0111 e. The predicted octanol–water partition coefficient (Wildman–Crippen LogP) is 3.78. The lowest BCUT2D eigenvalue weighted by atomic mass is 9.52. The van der Waals surface area contributed by atoms with Crippen LogP contribution in [-0.4, -0.2) is 0 Å². The Morgan fingerprint density at radius 3 is 2.27 bits per heavy atom. The average molecular weight is 152 g/mol. The van der Waals surface area contributed by atoms with Gasteiger partial charge in [0.1, 0.15) is 0 Å². The molecule has 1 atom stereocenters. The molecule has 0 N–H and O–H groups in total. The molecule has 0 aromatic carbocycles. The molecule has 0 aromatic heterocycles. The molecule has 1 unspecified atom stereocenters. The van der Waals surface area contributed by atoms with Crippen LogP contribution in [0.15, 0.2) is 11.1 Å². The van der Waals surface area contributed by atoms with Crippen molar-refractivity contribution in [3.63, 3.8) is 0 Å². The fourth-order valence-electron chi connectivity index (χ4n) is 2.61. The molecule has 2 bridgehead atoms. The lowest BCUT2D eigenvalue weighted by Crippen LogP contribution is -2.41. The van der Waals surface area contributed by atoms with Crippen LogP contribution in [0.25, 0.3) is 0 Å². The van der Waals surface area contributed by atoms with Gasteiger partial charge in [0.15, 0.2) is 0 Å². The van der Waals surface area contributed by atoms with Gasteiger partial charge < -0.3 is 0 Å². The van der Waals surface area contributed by atoms with Crippen LogP contribution >= 0.6 is 0 Å². The number of hydrogen-bond donors (Lipinski definition) is 0. The van der Waals surface area contributed by atoms with Crippen molar-refractivity contribution in [3.05, 3.63) is 11.1 Å². The highest BCUT2D eigenvalue weighted by Gasteiger charge is 2.46. The Morgan fingerprint density at radius 2 is 2.00 bits per heavy atom. The topological polar surface area (TPSA) is 0 Å². The van der Waals surface area contributed by atoms with Gasteiger partial charge in [-0.15, -0.1) is 0 Å². The van der Waals surface area contributed by atoms with Crippen LogP contribution < -0.4 is 0 Å². The number of fused-ring (bicyclic) bond motifs is 2. The highest BCUT2D eigenvalue weighted by molar-refractivity contribution is 5.32. The highest BCUT2D eigenvalue weighted by atomic mass is 14.5. The first-order valence-electron chi connectivity index (χ1n) is 4.31. The Kier molecular flexibility index (Phi) is 1.90. The Labute approximate surface area is 70.7 Å². The zero-order valence-electron chi connectivity index (χ0n) is 7.20. The maximum absolute atomic E-state index is 2.40. The Morgan fingerprint density at radius 1 is 1.36 bits per heavy atom. The Hall–Kier alpha value is -0.260. The van der Waals surface area contributed by atoms with E-state index in [-0.39, 0.29) is 7.43 Å². The fourth-order valence-corrected chi connectivity index (χ4v) is 2.61. The van der Waals surface area contributed by atoms with Gasteiger partial charge in [-0.1, -0.05) is 32.4 Å². The van der Waals surface area contributed by atoms with E-state index < -0.39 is 0 Å². The molecule has 1 saturated carbocycles. The number of allylic oxidation sites excluding steroid dienone is 2. The molecule has 0 nitrogen and oxygen atoms in total. The van der Waals surface area contributed by atoms with Crippen LogP contribution in [0.1, 0.15) is 47.5 Å². The third kappa shape index (κ3) is 0.953. The van der Waals surface area contributed by atoms with E-state index in [1.807, 2.05) is 0 Å². The summed E-state index contributed by atoms with van der Waals surface area (Å²) < 4.78 is 0. The predicted molar refractivity (Wildman–Crippen MR) is 50.6 cm³/mol. The van der Waals surface area contributed by atoms with E-state index in [0.29, 0.717) is 5.41 Å². The Bertz CT molecular complexity index is 196. The van der Waals surface area contributed by atoms with E-state index in [0.717, 1.165) is 5.92 Å². The van der Waals surface area contributed by atoms with Gasteiger partial charge in [0.2, 0.25) is 0 Å². The zero-order chi connectivity index (χ0) is 7.35. The van der Waals surface area contributed by atoms with E-state index in [1.54, 1.807) is 11.1 Å². The first kappa shape index (κ1) is 8.83. The van der Waals surface area contributed by atoms with Gasteiger partial charge in [-0.05, 0) is 37.5 Å². The minimum Gasteiger partial charge on any atom is -0.0776 e. The Balaban J connectivity index is 0.000000605. The molecule has 3 rings (SSSR count). The molecule has 0 aliphatic heterocycles. The van der Waals surface area contributed by atoms with Gasteiger partial charge in [-0.3, -0.25) is 0 Å². The first-order valence-corrected chi connectivity index (χ1v) is 4.31. The van der Waals surface area contributed by atoms with E-state index in [4.69, 9.17) is 0 Å². The van der Waals surface area contributed by atoms with Crippen LogP contribution in [0.3, 0.4) is 0 Å². The third-order valence-corrected chi connectivity index (χ3v) is 3.63. The molecular weight excluding hydrogens is 132 g/mol. The van der Waals surface area contributed by atoms with Gasteiger partial charge in [0.25, 0.3) is 0 Å². The van der Waals surface area contributed by atoms with Crippen molar-refractivity contribution in [2.75, 3.05) is 0 Å². The molecule has 0 saturated heterocycles. The van der Waals surface area contributed by atoms with Crippen LogP contribution in [0.2, 0.25) is 0 Å². The van der Waals surface area contributed by atoms with Crippen molar-refractivity contribution in [1.29, 1.82) is 0 Å². The molecule has 1 fully saturated rings. The summed E-state index contributed by atoms with van der Waals surface area (Å²) >= 11 is 0. The summed E-state index contributed by atoms with van der Waals surface area (Å²) in [6.45, 7) is 7.12. The molecule has 3 aliphatic rings. The minimum absolute atomic E-state index is 0. The van der Waals surface area contributed by atoms with E-state index >= 15 is 0 Å². The molecule has 11 heavy (non-hydrogen) atoms. The van der Waals surface area contributed by atoms with Gasteiger partial charge in [0, 0.05) is 0 Å². The van der Waals surface area contributed by atoms with Gasteiger partial charge in [-0.25, -0.2) is 0 Å². The lowest BCUT2D eigenvalue weighted by Gasteiger charge is -2.52. The molecular formula is C11H20. The van der Waals surface area contributed by atoms with Crippen LogP contribution in [0.5, 0.6) is 0 Å². The fraction of sp³-hybridized carbons (Fsp3) is 0.818. The van der Waals surface area contributed by atoms with Crippen molar-refractivity contribution in [2.45, 2.75) is 47.5 Å². The summed E-state index contributed by atoms with van der Waals surface area (Å²) in [5.41, 5.74) is 4.04. The summed E-state index contributed by atoms with van der Waals surface area (Å²) in [7, 11) is 0. The zero-order valence-corrected chi connectivity index (χ0v) is 7.20. The molecule has 3 aliphatic carbocycles. The van der Waals surface area contributed by atoms with Crippen molar-refractivity contribution >= 4 is 0 Å². The summed E-state index contributed by atoms with van der Waals surface area (Å²) in [5.74, 6) is 1.02. The number of rotatable bonds is 0. The summed E-state index contributed by atoms with van der Waals surface area (Å²) in [5, 5.41) is 0. The SMILES string of the molecule is C.CC1=C2CC(CC1)C2(C)C. The van der Waals surface area contributed by atoms with Crippen molar-refractivity contribution in [3.8, 4) is 0 Å². The third-order valence-electron chi connectivity index (χ3n) is 3.63. The second-order valence-corrected chi connectivity index (χ2v) is 4.42. The van der Waals surface area contributed by atoms with Gasteiger partial charge >= 0.3 is 0 Å². The van der Waals surface area contributed by atoms with Crippen molar-refractivity contribution < 1.29 is 0 Å². The second-order valence-electron chi connectivity index (χ2n) is 4.42. The molecule has 0 radical (unpaired) electrons. The van der Waals surface area contributed by atoms with Gasteiger partial charge in [-0.2, -0.15) is 0 Å². The largest absolute Gasteiger partial charge is 0.0776 e. The van der Waals surface area contributed by atoms with E-state index in [2.05, 4.69) is 20.8 Å². The maximum atomic E-state index is 2.40. The standard InChI is InChI=1S/C10H16.CH4/c1-7-4-5-8-6-9(7)10(8,2)3;/h8H,4-6H2,1-3H3;1H4. The van der Waals surface area contributed by atoms with Gasteiger partial charge in [0.05, 0.1) is 0 Å². The summed E-state index contributed by atoms with van der Waals surface area (Å²) in [6, 6.07) is 0. The summed E-state index contributed by atoms with van der Waals surface area (Å²) in [6.07, 6.45) is 4.24. The number of hydrogen-bond acceptors (Lipinski definition) is 0. The van der Waals surface area contributed by atoms with Crippen LogP contribution in [0, 0.1) is 11.3 Å².